The molecular formula is C14H20O4. The van der Waals surface area contributed by atoms with Crippen molar-refractivity contribution >= 4 is 11.9 Å². The van der Waals surface area contributed by atoms with E-state index in [2.05, 4.69) is 0 Å². The molecule has 0 amide bonds. The second-order valence-corrected chi connectivity index (χ2v) is 5.92. The zero-order valence-corrected chi connectivity index (χ0v) is 10.9. The molecule has 3 aliphatic carbocycles. The quantitative estimate of drug-likeness (QED) is 0.701. The Hall–Kier alpha value is -1.06. The van der Waals surface area contributed by atoms with Gasteiger partial charge in [0.1, 0.15) is 0 Å². The number of hydrogen-bond acceptors (Lipinski definition) is 4. The van der Waals surface area contributed by atoms with Gasteiger partial charge in [-0.05, 0) is 42.9 Å². The van der Waals surface area contributed by atoms with Crippen LogP contribution in [0.25, 0.3) is 0 Å². The van der Waals surface area contributed by atoms with E-state index < -0.39 is 0 Å². The van der Waals surface area contributed by atoms with Crippen molar-refractivity contribution < 1.29 is 19.1 Å². The van der Waals surface area contributed by atoms with E-state index in [-0.39, 0.29) is 23.8 Å². The lowest BCUT2D eigenvalue weighted by molar-refractivity contribution is -0.162. The average molecular weight is 252 g/mol. The Morgan fingerprint density at radius 3 is 1.67 bits per heavy atom. The maximum atomic E-state index is 12.0. The lowest BCUT2D eigenvalue weighted by Crippen LogP contribution is -2.41. The van der Waals surface area contributed by atoms with Crippen LogP contribution < -0.4 is 0 Å². The summed E-state index contributed by atoms with van der Waals surface area (Å²) in [4.78, 5) is 24.0. The summed E-state index contributed by atoms with van der Waals surface area (Å²) < 4.78 is 9.83. The Kier molecular flexibility index (Phi) is 2.83. The lowest BCUT2D eigenvalue weighted by Gasteiger charge is -2.35. The van der Waals surface area contributed by atoms with Gasteiger partial charge in [-0.1, -0.05) is 6.42 Å². The first-order chi connectivity index (χ1) is 8.69. The molecule has 0 aromatic heterocycles. The van der Waals surface area contributed by atoms with Gasteiger partial charge < -0.3 is 9.47 Å². The van der Waals surface area contributed by atoms with Crippen LogP contribution in [-0.2, 0) is 19.1 Å². The van der Waals surface area contributed by atoms with Crippen molar-refractivity contribution in [2.75, 3.05) is 14.2 Å². The molecule has 0 radical (unpaired) electrons. The number of methoxy groups -OCH3 is 2. The molecule has 0 N–H and O–H groups in total. The standard InChI is InChI=1S/C14H20O4/c1-17-13(15)11-9-6-10(12(11)14(16)18-2)8-5-3-4-7(8)9/h7-12H,3-6H2,1-2H3. The topological polar surface area (TPSA) is 52.6 Å². The predicted molar refractivity (Wildman–Crippen MR) is 63.4 cm³/mol. The third-order valence-corrected chi connectivity index (χ3v) is 5.53. The zero-order chi connectivity index (χ0) is 12.9. The molecule has 100 valence electrons. The summed E-state index contributed by atoms with van der Waals surface area (Å²) in [5.41, 5.74) is 0. The van der Waals surface area contributed by atoms with Gasteiger partial charge >= 0.3 is 11.9 Å². The number of ether oxygens (including phenoxy) is 2. The first-order valence-corrected chi connectivity index (χ1v) is 6.84. The molecule has 4 heteroatoms. The maximum absolute atomic E-state index is 12.0. The van der Waals surface area contributed by atoms with Crippen molar-refractivity contribution in [3.8, 4) is 0 Å². The summed E-state index contributed by atoms with van der Waals surface area (Å²) in [5.74, 6) is 1.02. The molecule has 4 nitrogen and oxygen atoms in total. The first-order valence-electron chi connectivity index (χ1n) is 6.84. The van der Waals surface area contributed by atoms with E-state index >= 15 is 0 Å². The fraction of sp³-hybridized carbons (Fsp3) is 0.857. The van der Waals surface area contributed by atoms with Crippen LogP contribution in [0.2, 0.25) is 0 Å². The Morgan fingerprint density at radius 2 is 1.28 bits per heavy atom. The molecule has 0 aromatic carbocycles. The highest BCUT2D eigenvalue weighted by atomic mass is 16.5. The minimum atomic E-state index is -0.258. The van der Waals surface area contributed by atoms with Crippen molar-refractivity contribution in [1.29, 1.82) is 0 Å². The third kappa shape index (κ3) is 1.44. The van der Waals surface area contributed by atoms with E-state index in [4.69, 9.17) is 9.47 Å². The van der Waals surface area contributed by atoms with Gasteiger partial charge in [-0.25, -0.2) is 0 Å². The van der Waals surface area contributed by atoms with Crippen LogP contribution in [0.4, 0.5) is 0 Å². The summed E-state index contributed by atoms with van der Waals surface area (Å²) in [6.07, 6.45) is 4.68. The number of carbonyl (C=O) groups excluding carboxylic acids is 2. The Labute approximate surface area is 107 Å². The van der Waals surface area contributed by atoms with Crippen LogP contribution in [0.1, 0.15) is 25.7 Å². The van der Waals surface area contributed by atoms with Crippen LogP contribution in [0.15, 0.2) is 0 Å². The van der Waals surface area contributed by atoms with Gasteiger partial charge in [-0.15, -0.1) is 0 Å². The van der Waals surface area contributed by atoms with Crippen molar-refractivity contribution in [3.05, 3.63) is 0 Å². The Bertz CT molecular complexity index is 344. The Morgan fingerprint density at radius 1 is 0.833 bits per heavy atom. The number of fused-ring (bicyclic) bond motifs is 5. The summed E-state index contributed by atoms with van der Waals surface area (Å²) in [6.45, 7) is 0. The van der Waals surface area contributed by atoms with Crippen molar-refractivity contribution in [1.82, 2.24) is 0 Å². The highest BCUT2D eigenvalue weighted by molar-refractivity contribution is 5.83. The fourth-order valence-corrected chi connectivity index (χ4v) is 5.02. The number of rotatable bonds is 2. The minimum Gasteiger partial charge on any atom is -0.469 e. The van der Waals surface area contributed by atoms with E-state index in [1.807, 2.05) is 0 Å². The molecule has 3 fully saturated rings. The fourth-order valence-electron chi connectivity index (χ4n) is 5.02. The summed E-state index contributed by atoms with van der Waals surface area (Å²) in [5, 5.41) is 0. The van der Waals surface area contributed by atoms with Crippen LogP contribution in [0.5, 0.6) is 0 Å². The molecule has 0 spiro atoms. The first kappa shape index (κ1) is 12.0. The number of esters is 2. The van der Waals surface area contributed by atoms with E-state index in [1.165, 1.54) is 33.5 Å². The van der Waals surface area contributed by atoms with Gasteiger partial charge in [0.2, 0.25) is 0 Å². The summed E-state index contributed by atoms with van der Waals surface area (Å²) >= 11 is 0. The lowest BCUT2D eigenvalue weighted by atomic mass is 9.69. The van der Waals surface area contributed by atoms with E-state index in [9.17, 15) is 9.59 Å². The van der Waals surface area contributed by atoms with Gasteiger partial charge in [-0.2, -0.15) is 0 Å². The zero-order valence-electron chi connectivity index (χ0n) is 10.9. The minimum absolute atomic E-state index is 0.219. The molecule has 0 saturated heterocycles. The van der Waals surface area contributed by atoms with Gasteiger partial charge in [-0.3, -0.25) is 9.59 Å². The Balaban J connectivity index is 1.91. The average Bonchev–Trinajstić information content (AvgIpc) is 3.06. The van der Waals surface area contributed by atoms with E-state index in [0.717, 1.165) is 6.42 Å². The molecule has 18 heavy (non-hydrogen) atoms. The normalized spacial score (nSPS) is 44.8. The molecule has 6 atom stereocenters. The third-order valence-electron chi connectivity index (χ3n) is 5.53. The van der Waals surface area contributed by atoms with Gasteiger partial charge in [0.25, 0.3) is 0 Å². The molecule has 0 aromatic rings. The number of carbonyl (C=O) groups is 2. The number of hydrogen-bond donors (Lipinski definition) is 0. The SMILES string of the molecule is COC(=O)C1C2CC(C3CCCC32)C1C(=O)OC. The highest BCUT2D eigenvalue weighted by Gasteiger charge is 2.63. The smallest absolute Gasteiger partial charge is 0.309 e. The monoisotopic (exact) mass is 252 g/mol. The largest absolute Gasteiger partial charge is 0.469 e. The van der Waals surface area contributed by atoms with Crippen LogP contribution in [0.3, 0.4) is 0 Å². The molecule has 2 bridgehead atoms. The molecule has 6 unspecified atom stereocenters. The second kappa shape index (κ2) is 4.25. The molecule has 3 rings (SSSR count). The van der Waals surface area contributed by atoms with Crippen LogP contribution in [-0.4, -0.2) is 26.2 Å². The van der Waals surface area contributed by atoms with Gasteiger partial charge in [0.05, 0.1) is 26.1 Å². The van der Waals surface area contributed by atoms with Gasteiger partial charge in [0, 0.05) is 0 Å². The summed E-state index contributed by atoms with van der Waals surface area (Å²) in [7, 11) is 2.82. The molecule has 0 heterocycles. The summed E-state index contributed by atoms with van der Waals surface area (Å²) in [6, 6.07) is 0. The second-order valence-electron chi connectivity index (χ2n) is 5.92. The van der Waals surface area contributed by atoms with Crippen molar-refractivity contribution in [2.24, 2.45) is 35.5 Å². The maximum Gasteiger partial charge on any atom is 0.309 e. The molecule has 3 aliphatic rings. The van der Waals surface area contributed by atoms with E-state index in [0.29, 0.717) is 23.7 Å². The molecular weight excluding hydrogens is 232 g/mol. The van der Waals surface area contributed by atoms with Crippen molar-refractivity contribution in [2.45, 2.75) is 25.7 Å². The van der Waals surface area contributed by atoms with Gasteiger partial charge in [0.15, 0.2) is 0 Å². The van der Waals surface area contributed by atoms with E-state index in [1.54, 1.807) is 0 Å². The molecule has 3 saturated carbocycles. The predicted octanol–water partition coefficient (Wildman–Crippen LogP) is 1.63. The van der Waals surface area contributed by atoms with Crippen LogP contribution in [0, 0.1) is 35.5 Å². The van der Waals surface area contributed by atoms with Crippen LogP contribution >= 0.6 is 0 Å². The van der Waals surface area contributed by atoms with Crippen molar-refractivity contribution in [3.63, 3.8) is 0 Å². The molecule has 0 aliphatic heterocycles. The highest BCUT2D eigenvalue weighted by Crippen LogP contribution is 2.63.